The average molecular weight is 259 g/mol. The third-order valence-corrected chi connectivity index (χ3v) is 2.70. The molecule has 17 heavy (non-hydrogen) atoms. The highest BCUT2D eigenvalue weighted by molar-refractivity contribution is 6.30. The molecule has 1 N–H and O–H groups in total. The number of ether oxygens (including phenoxy) is 1. The van der Waals surface area contributed by atoms with Crippen LogP contribution >= 0.6 is 11.6 Å². The molecule has 1 aromatic carbocycles. The predicted octanol–water partition coefficient (Wildman–Crippen LogP) is 2.34. The lowest BCUT2D eigenvalue weighted by molar-refractivity contribution is 0.0564. The Hall–Kier alpha value is -1.33. The number of nitrogens with zero attached hydrogens (tertiary/aromatic N) is 1. The number of nitrogens with one attached hydrogen (secondary N) is 1. The van der Waals surface area contributed by atoms with Crippen LogP contribution in [-0.4, -0.2) is 37.2 Å². The fraction of sp³-hybridized carbons (Fsp3) is 0.364. The number of urea groups is 1. The number of benzene rings is 1. The van der Waals surface area contributed by atoms with Crippen LogP contribution in [0.25, 0.3) is 0 Å². The largest absolute Gasteiger partial charge is 0.378 e. The highest BCUT2D eigenvalue weighted by Crippen LogP contribution is 2.20. The summed E-state index contributed by atoms with van der Waals surface area (Å²) in [5, 5.41) is 2.87. The van der Waals surface area contributed by atoms with Crippen molar-refractivity contribution in [3.8, 4) is 0 Å². The van der Waals surface area contributed by atoms with Gasteiger partial charge in [-0.25, -0.2) is 9.18 Å². The Morgan fingerprint density at radius 3 is 2.82 bits per heavy atom. The number of carbonyl (C=O) groups excluding carboxylic acids is 1. The summed E-state index contributed by atoms with van der Waals surface area (Å²) in [7, 11) is 0. The van der Waals surface area contributed by atoms with Crippen molar-refractivity contribution in [2.24, 2.45) is 0 Å². The zero-order valence-electron chi connectivity index (χ0n) is 9.08. The Kier molecular flexibility index (Phi) is 3.81. The van der Waals surface area contributed by atoms with E-state index in [2.05, 4.69) is 5.32 Å². The monoisotopic (exact) mass is 258 g/mol. The molecule has 4 nitrogen and oxygen atoms in total. The van der Waals surface area contributed by atoms with Crippen LogP contribution in [0.2, 0.25) is 5.02 Å². The van der Waals surface area contributed by atoms with E-state index in [1.807, 2.05) is 0 Å². The summed E-state index contributed by atoms with van der Waals surface area (Å²) >= 11 is 5.73. The van der Waals surface area contributed by atoms with Crippen LogP contribution in [0, 0.1) is 5.82 Å². The molecule has 92 valence electrons. The van der Waals surface area contributed by atoms with Gasteiger partial charge in [-0.3, -0.25) is 0 Å². The van der Waals surface area contributed by atoms with Crippen molar-refractivity contribution in [1.29, 1.82) is 0 Å². The number of rotatable bonds is 1. The van der Waals surface area contributed by atoms with E-state index in [1.165, 1.54) is 18.2 Å². The molecule has 0 radical (unpaired) electrons. The van der Waals surface area contributed by atoms with E-state index >= 15 is 0 Å². The van der Waals surface area contributed by atoms with Gasteiger partial charge >= 0.3 is 6.03 Å². The molecule has 0 spiro atoms. The predicted molar refractivity (Wildman–Crippen MR) is 62.8 cm³/mol. The van der Waals surface area contributed by atoms with Gasteiger partial charge in [0.25, 0.3) is 0 Å². The van der Waals surface area contributed by atoms with Gasteiger partial charge in [0.1, 0.15) is 5.82 Å². The smallest absolute Gasteiger partial charge is 0.322 e. The lowest BCUT2D eigenvalue weighted by Crippen LogP contribution is -2.43. The lowest BCUT2D eigenvalue weighted by Gasteiger charge is -2.27. The van der Waals surface area contributed by atoms with Gasteiger partial charge in [0.2, 0.25) is 0 Å². The fourth-order valence-electron chi connectivity index (χ4n) is 1.55. The standard InChI is InChI=1S/C11H12ClFN2O2/c12-8-1-2-9(13)10(7-8)14-11(16)15-3-5-17-6-4-15/h1-2,7H,3-6H2,(H,14,16). The molecule has 0 aromatic heterocycles. The van der Waals surface area contributed by atoms with E-state index < -0.39 is 5.82 Å². The molecule has 0 aliphatic carbocycles. The third kappa shape index (κ3) is 3.08. The molecule has 0 unspecified atom stereocenters. The molecule has 2 amide bonds. The first-order valence-electron chi connectivity index (χ1n) is 5.25. The summed E-state index contributed by atoms with van der Waals surface area (Å²) in [6, 6.07) is 3.70. The second-order valence-corrected chi connectivity index (χ2v) is 4.09. The Balaban J connectivity index is 2.04. The normalized spacial score (nSPS) is 15.8. The summed E-state index contributed by atoms with van der Waals surface area (Å²) in [5.41, 5.74) is 0.0917. The van der Waals surface area contributed by atoms with Gasteiger partial charge in [-0.2, -0.15) is 0 Å². The topological polar surface area (TPSA) is 41.6 Å². The minimum atomic E-state index is -0.504. The summed E-state index contributed by atoms with van der Waals surface area (Å²) in [5.74, 6) is -0.504. The van der Waals surface area contributed by atoms with E-state index in [1.54, 1.807) is 4.90 Å². The number of hydrogen-bond acceptors (Lipinski definition) is 2. The quantitative estimate of drug-likeness (QED) is 0.840. The fourth-order valence-corrected chi connectivity index (χ4v) is 1.73. The van der Waals surface area contributed by atoms with Crippen molar-refractivity contribution in [3.63, 3.8) is 0 Å². The molecule has 2 rings (SSSR count). The summed E-state index contributed by atoms with van der Waals surface area (Å²) < 4.78 is 18.5. The molecule has 1 aliphatic heterocycles. The van der Waals surface area contributed by atoms with E-state index in [-0.39, 0.29) is 11.7 Å². The van der Waals surface area contributed by atoms with Crippen molar-refractivity contribution in [1.82, 2.24) is 4.90 Å². The van der Waals surface area contributed by atoms with E-state index in [0.717, 1.165) is 0 Å². The van der Waals surface area contributed by atoms with Gasteiger partial charge < -0.3 is 15.0 Å². The van der Waals surface area contributed by atoms with E-state index in [4.69, 9.17) is 16.3 Å². The van der Waals surface area contributed by atoms with E-state index in [0.29, 0.717) is 31.3 Å². The number of amides is 2. The maximum Gasteiger partial charge on any atom is 0.322 e. The Morgan fingerprint density at radius 1 is 1.41 bits per heavy atom. The van der Waals surface area contributed by atoms with Crippen molar-refractivity contribution < 1.29 is 13.9 Å². The molecule has 0 saturated carbocycles. The molecule has 1 aromatic rings. The van der Waals surface area contributed by atoms with Gasteiger partial charge in [0.15, 0.2) is 0 Å². The van der Waals surface area contributed by atoms with Crippen LogP contribution in [-0.2, 0) is 4.74 Å². The molecule has 1 heterocycles. The van der Waals surface area contributed by atoms with Crippen LogP contribution < -0.4 is 5.32 Å². The lowest BCUT2D eigenvalue weighted by atomic mass is 10.3. The zero-order chi connectivity index (χ0) is 12.3. The van der Waals surface area contributed by atoms with Gasteiger partial charge in [-0.1, -0.05) is 11.6 Å². The third-order valence-electron chi connectivity index (χ3n) is 2.47. The molecule has 1 fully saturated rings. The summed E-state index contributed by atoms with van der Waals surface area (Å²) in [6.45, 7) is 2.03. The number of anilines is 1. The van der Waals surface area contributed by atoms with E-state index in [9.17, 15) is 9.18 Å². The van der Waals surface area contributed by atoms with Crippen LogP contribution in [0.4, 0.5) is 14.9 Å². The molecule has 0 bridgehead atoms. The maximum absolute atomic E-state index is 13.4. The maximum atomic E-state index is 13.4. The minimum Gasteiger partial charge on any atom is -0.378 e. The first-order chi connectivity index (χ1) is 8.16. The van der Waals surface area contributed by atoms with Gasteiger partial charge in [0.05, 0.1) is 18.9 Å². The first-order valence-corrected chi connectivity index (χ1v) is 5.63. The Morgan fingerprint density at radius 2 is 2.12 bits per heavy atom. The SMILES string of the molecule is O=C(Nc1cc(Cl)ccc1F)N1CCOCC1. The number of halogens is 2. The highest BCUT2D eigenvalue weighted by Gasteiger charge is 2.17. The molecule has 6 heteroatoms. The molecule has 0 atom stereocenters. The number of morpholine rings is 1. The van der Waals surface area contributed by atoms with Crippen molar-refractivity contribution in [2.75, 3.05) is 31.6 Å². The minimum absolute atomic E-state index is 0.0917. The molecule has 1 aliphatic rings. The second-order valence-electron chi connectivity index (χ2n) is 3.65. The van der Waals surface area contributed by atoms with Gasteiger partial charge in [-0.15, -0.1) is 0 Å². The van der Waals surface area contributed by atoms with Crippen LogP contribution in [0.5, 0.6) is 0 Å². The summed E-state index contributed by atoms with van der Waals surface area (Å²) in [6.07, 6.45) is 0. The molecular weight excluding hydrogens is 247 g/mol. The van der Waals surface area contributed by atoms with Crippen molar-refractivity contribution in [3.05, 3.63) is 29.0 Å². The van der Waals surface area contributed by atoms with Crippen molar-refractivity contribution >= 4 is 23.3 Å². The highest BCUT2D eigenvalue weighted by atomic mass is 35.5. The molecule has 1 saturated heterocycles. The Bertz CT molecular complexity index is 422. The first kappa shape index (κ1) is 12.1. The van der Waals surface area contributed by atoms with Crippen LogP contribution in [0.3, 0.4) is 0 Å². The summed E-state index contributed by atoms with van der Waals surface area (Å²) in [4.78, 5) is 13.4. The van der Waals surface area contributed by atoms with Crippen molar-refractivity contribution in [2.45, 2.75) is 0 Å². The van der Waals surface area contributed by atoms with Crippen LogP contribution in [0.1, 0.15) is 0 Å². The average Bonchev–Trinajstić information content (AvgIpc) is 2.35. The van der Waals surface area contributed by atoms with Crippen LogP contribution in [0.15, 0.2) is 18.2 Å². The van der Waals surface area contributed by atoms with Gasteiger partial charge in [-0.05, 0) is 18.2 Å². The second kappa shape index (κ2) is 5.33. The zero-order valence-corrected chi connectivity index (χ0v) is 9.84. The van der Waals surface area contributed by atoms with Gasteiger partial charge in [0, 0.05) is 18.1 Å². The number of carbonyl (C=O) groups is 1. The Labute approximate surface area is 103 Å². The molecular formula is C11H12ClFN2O2. The number of hydrogen-bond donors (Lipinski definition) is 1.